The second kappa shape index (κ2) is 10.1. The van der Waals surface area contributed by atoms with Gasteiger partial charge in [0, 0.05) is 38.0 Å². The fraction of sp³-hybridized carbons (Fsp3) is 0.522. The molecule has 10 heteroatoms. The molecule has 1 N–H and O–H groups in total. The van der Waals surface area contributed by atoms with Crippen molar-refractivity contribution in [2.75, 3.05) is 46.9 Å². The number of sulfonamides is 1. The Hall–Kier alpha value is -2.56. The molecule has 0 radical (unpaired) electrons. The molecule has 1 amide bonds. The van der Waals surface area contributed by atoms with Crippen molar-refractivity contribution in [2.45, 2.75) is 30.2 Å². The summed E-state index contributed by atoms with van der Waals surface area (Å²) in [5.74, 6) is 1.53. The first-order valence-corrected chi connectivity index (χ1v) is 12.7. The lowest BCUT2D eigenvalue weighted by molar-refractivity contribution is -0.126. The molecular formula is C23H31N3O6S. The fourth-order valence-electron chi connectivity index (χ4n) is 4.17. The number of furan rings is 1. The molecular weight excluding hydrogens is 446 g/mol. The van der Waals surface area contributed by atoms with Gasteiger partial charge in [-0.05, 0) is 51.2 Å². The van der Waals surface area contributed by atoms with Gasteiger partial charge in [-0.15, -0.1) is 0 Å². The summed E-state index contributed by atoms with van der Waals surface area (Å²) in [6.07, 6.45) is 3.32. The molecule has 1 aromatic heterocycles. The van der Waals surface area contributed by atoms with Gasteiger partial charge in [-0.1, -0.05) is 0 Å². The molecule has 0 saturated carbocycles. The molecule has 1 unspecified atom stereocenters. The number of carbonyl (C=O) groups is 1. The summed E-state index contributed by atoms with van der Waals surface area (Å²) in [5, 5.41) is 3.01. The van der Waals surface area contributed by atoms with Gasteiger partial charge in [-0.2, -0.15) is 4.31 Å². The highest BCUT2D eigenvalue weighted by atomic mass is 32.2. The molecule has 3 heterocycles. The number of ether oxygens (including phenoxy) is 2. The third-order valence-electron chi connectivity index (χ3n) is 6.15. The van der Waals surface area contributed by atoms with Crippen molar-refractivity contribution in [3.8, 4) is 11.5 Å². The van der Waals surface area contributed by atoms with Crippen LogP contribution >= 0.6 is 0 Å². The van der Waals surface area contributed by atoms with Crippen LogP contribution in [-0.2, 0) is 14.8 Å². The van der Waals surface area contributed by atoms with Gasteiger partial charge in [-0.25, -0.2) is 8.42 Å². The number of hydrogen-bond acceptors (Lipinski definition) is 7. The van der Waals surface area contributed by atoms with Crippen molar-refractivity contribution in [1.29, 1.82) is 0 Å². The molecule has 0 bridgehead atoms. The van der Waals surface area contributed by atoms with Crippen molar-refractivity contribution in [3.05, 3.63) is 42.4 Å². The Bertz CT molecular complexity index is 1050. The molecule has 0 spiro atoms. The monoisotopic (exact) mass is 477 g/mol. The van der Waals surface area contributed by atoms with Crippen molar-refractivity contribution < 1.29 is 27.1 Å². The molecule has 33 heavy (non-hydrogen) atoms. The van der Waals surface area contributed by atoms with Crippen LogP contribution in [0.5, 0.6) is 11.5 Å². The highest BCUT2D eigenvalue weighted by Crippen LogP contribution is 2.33. The summed E-state index contributed by atoms with van der Waals surface area (Å²) in [7, 11) is 0.190. The SMILES string of the molecule is CN(C)C(CNC(=O)C1CCN(S(=O)(=O)c2ccc3c(c2)OCCCO3)CC1)c1ccco1. The number of fused-ring (bicyclic) bond motifs is 1. The molecule has 1 atom stereocenters. The smallest absolute Gasteiger partial charge is 0.243 e. The standard InChI is InChI=1S/C23H31N3O6S/c1-25(2)19(20-5-3-12-30-20)16-24-23(27)17-8-10-26(11-9-17)33(28,29)18-6-7-21-22(15-18)32-14-4-13-31-21/h3,5-7,12,15,17,19H,4,8-11,13-14,16H2,1-2H3,(H,24,27). The van der Waals surface area contributed by atoms with Gasteiger partial charge in [0.15, 0.2) is 11.5 Å². The minimum Gasteiger partial charge on any atom is -0.490 e. The quantitative estimate of drug-likeness (QED) is 0.653. The number of piperidine rings is 1. The van der Waals surface area contributed by atoms with E-state index >= 15 is 0 Å². The molecule has 1 aromatic carbocycles. The van der Waals surface area contributed by atoms with Gasteiger partial charge in [0.2, 0.25) is 15.9 Å². The zero-order chi connectivity index (χ0) is 23.4. The minimum absolute atomic E-state index is 0.0546. The van der Waals surface area contributed by atoms with E-state index in [1.54, 1.807) is 18.4 Å². The van der Waals surface area contributed by atoms with Crippen molar-refractivity contribution >= 4 is 15.9 Å². The Balaban J connectivity index is 1.34. The van der Waals surface area contributed by atoms with Gasteiger partial charge in [-0.3, -0.25) is 9.69 Å². The molecule has 180 valence electrons. The van der Waals surface area contributed by atoms with Crippen molar-refractivity contribution in [2.24, 2.45) is 5.92 Å². The lowest BCUT2D eigenvalue weighted by Crippen LogP contribution is -2.44. The predicted octanol–water partition coefficient (Wildman–Crippen LogP) is 2.26. The predicted molar refractivity (Wildman–Crippen MR) is 122 cm³/mol. The molecule has 2 aromatic rings. The third-order valence-corrected chi connectivity index (χ3v) is 8.04. The Kier molecular flexibility index (Phi) is 7.26. The Labute approximate surface area is 194 Å². The first-order chi connectivity index (χ1) is 15.9. The van der Waals surface area contributed by atoms with Gasteiger partial charge in [0.1, 0.15) is 5.76 Å². The summed E-state index contributed by atoms with van der Waals surface area (Å²) in [4.78, 5) is 14.9. The Morgan fingerprint density at radius 1 is 1.15 bits per heavy atom. The summed E-state index contributed by atoms with van der Waals surface area (Å²) < 4.78 is 44.5. The molecule has 1 fully saturated rings. The van der Waals surface area contributed by atoms with E-state index in [0.29, 0.717) is 57.2 Å². The normalized spacial score (nSPS) is 18.6. The average Bonchev–Trinajstić information content (AvgIpc) is 3.23. The van der Waals surface area contributed by atoms with Gasteiger partial charge < -0.3 is 19.2 Å². The molecule has 4 rings (SSSR count). The van der Waals surface area contributed by atoms with E-state index in [-0.39, 0.29) is 22.8 Å². The number of nitrogens with zero attached hydrogens (tertiary/aromatic N) is 2. The first kappa shape index (κ1) is 23.6. The summed E-state index contributed by atoms with van der Waals surface area (Å²) in [5.41, 5.74) is 0. The maximum atomic E-state index is 13.2. The molecule has 1 saturated heterocycles. The maximum Gasteiger partial charge on any atom is 0.243 e. The Morgan fingerprint density at radius 3 is 2.55 bits per heavy atom. The third kappa shape index (κ3) is 5.34. The van der Waals surface area contributed by atoms with E-state index in [1.165, 1.54) is 10.4 Å². The highest BCUT2D eigenvalue weighted by molar-refractivity contribution is 7.89. The molecule has 2 aliphatic heterocycles. The van der Waals surface area contributed by atoms with Crippen LogP contribution in [0.15, 0.2) is 45.9 Å². The van der Waals surface area contributed by atoms with Gasteiger partial charge in [0.25, 0.3) is 0 Å². The van der Waals surface area contributed by atoms with E-state index in [1.807, 2.05) is 31.1 Å². The van der Waals surface area contributed by atoms with E-state index in [9.17, 15) is 13.2 Å². The van der Waals surface area contributed by atoms with Crippen LogP contribution < -0.4 is 14.8 Å². The zero-order valence-electron chi connectivity index (χ0n) is 19.0. The van der Waals surface area contributed by atoms with Gasteiger partial charge in [0.05, 0.1) is 30.4 Å². The van der Waals surface area contributed by atoms with Crippen molar-refractivity contribution in [1.82, 2.24) is 14.5 Å². The lowest BCUT2D eigenvalue weighted by atomic mass is 9.97. The largest absolute Gasteiger partial charge is 0.490 e. The topological polar surface area (TPSA) is 101 Å². The second-order valence-electron chi connectivity index (χ2n) is 8.58. The summed E-state index contributed by atoms with van der Waals surface area (Å²) in [6.45, 7) is 2.06. The van der Waals surface area contributed by atoms with Gasteiger partial charge >= 0.3 is 0 Å². The number of rotatable bonds is 7. The molecule has 0 aliphatic carbocycles. The highest BCUT2D eigenvalue weighted by Gasteiger charge is 2.33. The Morgan fingerprint density at radius 2 is 1.88 bits per heavy atom. The number of nitrogens with one attached hydrogen (secondary N) is 1. The van der Waals surface area contributed by atoms with E-state index in [2.05, 4.69) is 5.32 Å². The van der Waals surface area contributed by atoms with Crippen LogP contribution in [0.4, 0.5) is 0 Å². The first-order valence-electron chi connectivity index (χ1n) is 11.2. The number of hydrogen-bond donors (Lipinski definition) is 1. The van der Waals surface area contributed by atoms with Crippen LogP contribution in [-0.4, -0.2) is 70.5 Å². The number of benzene rings is 1. The van der Waals surface area contributed by atoms with Crippen LogP contribution in [0, 0.1) is 5.92 Å². The minimum atomic E-state index is -3.68. The summed E-state index contributed by atoms with van der Waals surface area (Å²) in [6, 6.07) is 8.38. The summed E-state index contributed by atoms with van der Waals surface area (Å²) >= 11 is 0. The molecule has 2 aliphatic rings. The van der Waals surface area contributed by atoms with E-state index in [4.69, 9.17) is 13.9 Å². The number of amides is 1. The van der Waals surface area contributed by atoms with Crippen LogP contribution in [0.25, 0.3) is 0 Å². The van der Waals surface area contributed by atoms with E-state index < -0.39 is 10.0 Å². The number of carbonyl (C=O) groups excluding carboxylic acids is 1. The second-order valence-corrected chi connectivity index (χ2v) is 10.5. The number of likely N-dealkylation sites (N-methyl/N-ethyl adjacent to an activating group) is 1. The molecule has 9 nitrogen and oxygen atoms in total. The average molecular weight is 478 g/mol. The van der Waals surface area contributed by atoms with Crippen LogP contribution in [0.3, 0.4) is 0 Å². The van der Waals surface area contributed by atoms with Crippen LogP contribution in [0.2, 0.25) is 0 Å². The fourth-order valence-corrected chi connectivity index (χ4v) is 5.66. The van der Waals surface area contributed by atoms with Crippen LogP contribution in [0.1, 0.15) is 31.1 Å². The maximum absolute atomic E-state index is 13.2. The lowest BCUT2D eigenvalue weighted by Gasteiger charge is -2.31. The zero-order valence-corrected chi connectivity index (χ0v) is 19.8. The van der Waals surface area contributed by atoms with Crippen molar-refractivity contribution in [3.63, 3.8) is 0 Å². The van der Waals surface area contributed by atoms with E-state index in [0.717, 1.165) is 12.2 Å².